The average molecular weight is 226 g/mol. The van der Waals surface area contributed by atoms with Crippen LogP contribution in [0.3, 0.4) is 0 Å². The van der Waals surface area contributed by atoms with Crippen LogP contribution < -0.4 is 15.4 Å². The first-order valence-electron chi connectivity index (χ1n) is 5.24. The number of hydrogen-bond acceptors (Lipinski definition) is 6. The molecule has 90 valence electrons. The maximum atomic E-state index is 8.98. The molecule has 1 rings (SSSR count). The normalized spacial score (nSPS) is 10.2. The summed E-state index contributed by atoms with van der Waals surface area (Å²) in [6.07, 6.45) is 2.36. The minimum atomic E-state index is 0.0613. The monoisotopic (exact) mass is 226 g/mol. The van der Waals surface area contributed by atoms with Crippen molar-refractivity contribution in [1.82, 2.24) is 9.97 Å². The van der Waals surface area contributed by atoms with Gasteiger partial charge in [-0.2, -0.15) is 4.98 Å². The molecule has 1 aromatic heterocycles. The fourth-order valence-electron chi connectivity index (χ4n) is 1.50. The van der Waals surface area contributed by atoms with E-state index in [1.807, 2.05) is 4.90 Å². The summed E-state index contributed by atoms with van der Waals surface area (Å²) < 4.78 is 5.03. The Balaban J connectivity index is 2.98. The molecule has 0 saturated carbocycles. The number of methoxy groups -OCH3 is 1. The van der Waals surface area contributed by atoms with E-state index < -0.39 is 0 Å². The van der Waals surface area contributed by atoms with Crippen LogP contribution in [0.5, 0.6) is 5.88 Å². The third-order valence-electron chi connectivity index (χ3n) is 2.18. The van der Waals surface area contributed by atoms with E-state index in [0.717, 1.165) is 13.0 Å². The van der Waals surface area contributed by atoms with Crippen molar-refractivity contribution in [1.29, 1.82) is 0 Å². The van der Waals surface area contributed by atoms with Crippen molar-refractivity contribution in [2.75, 3.05) is 37.4 Å². The molecule has 0 aliphatic carbocycles. The summed E-state index contributed by atoms with van der Waals surface area (Å²) in [4.78, 5) is 9.95. The van der Waals surface area contributed by atoms with Crippen molar-refractivity contribution in [3.63, 3.8) is 0 Å². The number of aliphatic hydroxyl groups is 1. The van der Waals surface area contributed by atoms with Crippen molar-refractivity contribution >= 4 is 11.5 Å². The van der Waals surface area contributed by atoms with E-state index in [-0.39, 0.29) is 6.61 Å². The van der Waals surface area contributed by atoms with Gasteiger partial charge in [-0.05, 0) is 6.42 Å². The highest BCUT2D eigenvalue weighted by Gasteiger charge is 2.14. The predicted octanol–water partition coefficient (Wildman–Crippen LogP) is 0.276. The molecule has 3 N–H and O–H groups in total. The Hall–Kier alpha value is -1.56. The molecule has 0 aliphatic rings. The summed E-state index contributed by atoms with van der Waals surface area (Å²) in [5, 5.41) is 8.98. The molecule has 0 fully saturated rings. The molecule has 0 bridgehead atoms. The number of ether oxygens (including phenoxy) is 1. The highest BCUT2D eigenvalue weighted by atomic mass is 16.5. The van der Waals surface area contributed by atoms with Crippen LogP contribution in [0.2, 0.25) is 0 Å². The van der Waals surface area contributed by atoms with Gasteiger partial charge in [-0.3, -0.25) is 0 Å². The van der Waals surface area contributed by atoms with Gasteiger partial charge in [0.15, 0.2) is 5.82 Å². The second-order valence-electron chi connectivity index (χ2n) is 3.33. The quantitative estimate of drug-likeness (QED) is 0.724. The van der Waals surface area contributed by atoms with Crippen molar-refractivity contribution in [3.05, 3.63) is 6.33 Å². The van der Waals surface area contributed by atoms with Crippen molar-refractivity contribution in [2.24, 2.45) is 0 Å². The third-order valence-corrected chi connectivity index (χ3v) is 2.18. The van der Waals surface area contributed by atoms with E-state index in [1.165, 1.54) is 13.4 Å². The van der Waals surface area contributed by atoms with E-state index >= 15 is 0 Å². The summed E-state index contributed by atoms with van der Waals surface area (Å²) in [6, 6.07) is 0. The van der Waals surface area contributed by atoms with Crippen LogP contribution in [0.1, 0.15) is 13.3 Å². The van der Waals surface area contributed by atoms with E-state index in [0.29, 0.717) is 23.9 Å². The van der Waals surface area contributed by atoms with Crippen molar-refractivity contribution in [3.8, 4) is 5.88 Å². The lowest BCUT2D eigenvalue weighted by molar-refractivity contribution is 0.301. The van der Waals surface area contributed by atoms with Gasteiger partial charge < -0.3 is 20.5 Å². The molecule has 0 aliphatic heterocycles. The summed E-state index contributed by atoms with van der Waals surface area (Å²) in [5.74, 6) is 0.979. The lowest BCUT2D eigenvalue weighted by atomic mass is 10.3. The fourth-order valence-corrected chi connectivity index (χ4v) is 1.50. The standard InChI is InChI=1S/C10H18N4O2/c1-3-4-14(5-6-15)9-8(11)10(16-2)13-7-12-9/h7,15H,3-6,11H2,1-2H3. The molecular weight excluding hydrogens is 208 g/mol. The molecule has 0 unspecified atom stereocenters. The maximum absolute atomic E-state index is 8.98. The van der Waals surface area contributed by atoms with Gasteiger partial charge in [-0.15, -0.1) is 0 Å². The second kappa shape index (κ2) is 6.12. The second-order valence-corrected chi connectivity index (χ2v) is 3.33. The highest BCUT2D eigenvalue weighted by molar-refractivity contribution is 5.67. The molecule has 1 heterocycles. The van der Waals surface area contributed by atoms with Crippen molar-refractivity contribution < 1.29 is 9.84 Å². The average Bonchev–Trinajstić information content (AvgIpc) is 2.29. The Morgan fingerprint density at radius 2 is 2.19 bits per heavy atom. The van der Waals surface area contributed by atoms with Gasteiger partial charge >= 0.3 is 0 Å². The first-order valence-corrected chi connectivity index (χ1v) is 5.24. The topological polar surface area (TPSA) is 84.5 Å². The van der Waals surface area contributed by atoms with E-state index in [9.17, 15) is 0 Å². The van der Waals surface area contributed by atoms with Crippen LogP contribution in [-0.4, -0.2) is 41.9 Å². The Labute approximate surface area is 95.1 Å². The number of hydrogen-bond donors (Lipinski definition) is 2. The molecule has 1 aromatic rings. The molecule has 6 nitrogen and oxygen atoms in total. The zero-order chi connectivity index (χ0) is 12.0. The number of anilines is 2. The minimum absolute atomic E-state index is 0.0613. The Morgan fingerprint density at radius 1 is 1.44 bits per heavy atom. The SMILES string of the molecule is CCCN(CCO)c1ncnc(OC)c1N. The zero-order valence-corrected chi connectivity index (χ0v) is 9.68. The number of nitrogen functional groups attached to an aromatic ring is 1. The summed E-state index contributed by atoms with van der Waals surface area (Å²) in [5.41, 5.74) is 6.29. The largest absolute Gasteiger partial charge is 0.479 e. The minimum Gasteiger partial charge on any atom is -0.479 e. The summed E-state index contributed by atoms with van der Waals surface area (Å²) in [6.45, 7) is 3.40. The zero-order valence-electron chi connectivity index (χ0n) is 9.68. The van der Waals surface area contributed by atoms with Gasteiger partial charge in [0.1, 0.15) is 12.0 Å². The van der Waals surface area contributed by atoms with E-state index in [4.69, 9.17) is 15.6 Å². The van der Waals surface area contributed by atoms with Crippen LogP contribution >= 0.6 is 0 Å². The van der Waals surface area contributed by atoms with Crippen LogP contribution in [-0.2, 0) is 0 Å². The lowest BCUT2D eigenvalue weighted by Gasteiger charge is -2.23. The fraction of sp³-hybridized carbons (Fsp3) is 0.600. The van der Waals surface area contributed by atoms with Gasteiger partial charge in [0.2, 0.25) is 5.88 Å². The number of nitrogens with two attached hydrogens (primary N) is 1. The predicted molar refractivity (Wildman–Crippen MR) is 62.6 cm³/mol. The van der Waals surface area contributed by atoms with E-state index in [1.54, 1.807) is 0 Å². The number of aromatic nitrogens is 2. The molecule has 16 heavy (non-hydrogen) atoms. The van der Waals surface area contributed by atoms with Crippen molar-refractivity contribution in [2.45, 2.75) is 13.3 Å². The van der Waals surface area contributed by atoms with Crippen LogP contribution in [0, 0.1) is 0 Å². The van der Waals surface area contributed by atoms with Gasteiger partial charge in [0, 0.05) is 13.1 Å². The van der Waals surface area contributed by atoms with Crippen LogP contribution in [0.15, 0.2) is 6.33 Å². The summed E-state index contributed by atoms with van der Waals surface area (Å²) in [7, 11) is 1.51. The molecular formula is C10H18N4O2. The van der Waals surface area contributed by atoms with Gasteiger partial charge in [0.25, 0.3) is 0 Å². The molecule has 0 spiro atoms. The maximum Gasteiger partial charge on any atom is 0.242 e. The highest BCUT2D eigenvalue weighted by Crippen LogP contribution is 2.27. The lowest BCUT2D eigenvalue weighted by Crippen LogP contribution is -2.29. The molecule has 0 radical (unpaired) electrons. The number of aliphatic hydroxyl groups excluding tert-OH is 1. The first kappa shape index (κ1) is 12.5. The van der Waals surface area contributed by atoms with Gasteiger partial charge in [-0.25, -0.2) is 4.98 Å². The van der Waals surface area contributed by atoms with Gasteiger partial charge in [-0.1, -0.05) is 6.92 Å². The van der Waals surface area contributed by atoms with Crippen LogP contribution in [0.25, 0.3) is 0 Å². The Bertz CT molecular complexity index is 327. The molecule has 0 aromatic carbocycles. The third kappa shape index (κ3) is 2.73. The number of rotatable bonds is 6. The Morgan fingerprint density at radius 3 is 2.75 bits per heavy atom. The first-order chi connectivity index (χ1) is 7.74. The van der Waals surface area contributed by atoms with Crippen LogP contribution in [0.4, 0.5) is 11.5 Å². The molecule has 0 amide bonds. The Kier molecular flexibility index (Phi) is 4.78. The van der Waals surface area contributed by atoms with Gasteiger partial charge in [0.05, 0.1) is 13.7 Å². The molecule has 0 saturated heterocycles. The smallest absolute Gasteiger partial charge is 0.242 e. The van der Waals surface area contributed by atoms with E-state index in [2.05, 4.69) is 16.9 Å². The molecule has 6 heteroatoms. The number of nitrogens with zero attached hydrogens (tertiary/aromatic N) is 3. The molecule has 0 atom stereocenters. The summed E-state index contributed by atoms with van der Waals surface area (Å²) >= 11 is 0.